The molecule has 0 aliphatic carbocycles. The molecule has 0 saturated carbocycles. The second kappa shape index (κ2) is 7.36. The molecule has 0 spiro atoms. The number of amides is 1. The smallest absolute Gasteiger partial charge is 0.309 e. The predicted octanol–water partition coefficient (Wildman–Crippen LogP) is 1.21. The number of carbonyl (C=O) groups is 2. The van der Waals surface area contributed by atoms with Crippen LogP contribution in [0.1, 0.15) is 33.6 Å². The van der Waals surface area contributed by atoms with Crippen molar-refractivity contribution in [1.82, 2.24) is 4.90 Å². The molecule has 0 aromatic carbocycles. The molecular weight excluding hydrogens is 234 g/mol. The SMILES string of the molecule is CCOC(=O)C1CCN(C(=O)COC(C)C)CC1. The summed E-state index contributed by atoms with van der Waals surface area (Å²) in [5.74, 6) is -0.186. The van der Waals surface area contributed by atoms with E-state index in [0.29, 0.717) is 32.5 Å². The molecule has 0 atom stereocenters. The Hall–Kier alpha value is -1.10. The molecule has 0 radical (unpaired) electrons. The third-order valence-electron chi connectivity index (χ3n) is 3.01. The molecule has 1 fully saturated rings. The number of hydrogen-bond acceptors (Lipinski definition) is 4. The molecule has 0 unspecified atom stereocenters. The summed E-state index contributed by atoms with van der Waals surface area (Å²) in [6.07, 6.45) is 1.43. The van der Waals surface area contributed by atoms with Gasteiger partial charge in [-0.15, -0.1) is 0 Å². The lowest BCUT2D eigenvalue weighted by molar-refractivity contribution is -0.152. The van der Waals surface area contributed by atoms with E-state index in [0.717, 1.165) is 0 Å². The van der Waals surface area contributed by atoms with Crippen molar-refractivity contribution in [3.8, 4) is 0 Å². The molecule has 1 rings (SSSR count). The first-order valence-electron chi connectivity index (χ1n) is 6.60. The maximum absolute atomic E-state index is 11.8. The second-order valence-electron chi connectivity index (χ2n) is 4.77. The Morgan fingerprint density at radius 2 is 1.89 bits per heavy atom. The Morgan fingerprint density at radius 1 is 1.28 bits per heavy atom. The quantitative estimate of drug-likeness (QED) is 0.695. The molecular formula is C13H23NO4. The molecule has 0 N–H and O–H groups in total. The monoisotopic (exact) mass is 257 g/mol. The Balaban J connectivity index is 2.30. The van der Waals surface area contributed by atoms with Crippen molar-refractivity contribution < 1.29 is 19.1 Å². The first-order valence-corrected chi connectivity index (χ1v) is 6.60. The Morgan fingerprint density at radius 3 is 2.39 bits per heavy atom. The topological polar surface area (TPSA) is 55.8 Å². The number of esters is 1. The fourth-order valence-corrected chi connectivity index (χ4v) is 1.95. The molecule has 1 saturated heterocycles. The minimum Gasteiger partial charge on any atom is -0.466 e. The Kier molecular flexibility index (Phi) is 6.12. The summed E-state index contributed by atoms with van der Waals surface area (Å²) in [4.78, 5) is 25.1. The average Bonchev–Trinajstić information content (AvgIpc) is 2.36. The van der Waals surface area contributed by atoms with E-state index < -0.39 is 0 Å². The minimum absolute atomic E-state index is 0.00556. The maximum Gasteiger partial charge on any atom is 0.309 e. The van der Waals surface area contributed by atoms with E-state index in [-0.39, 0.29) is 30.5 Å². The zero-order valence-electron chi connectivity index (χ0n) is 11.5. The Bertz CT molecular complexity index is 283. The van der Waals surface area contributed by atoms with Crippen molar-refractivity contribution in [1.29, 1.82) is 0 Å². The van der Waals surface area contributed by atoms with Gasteiger partial charge in [0.1, 0.15) is 6.61 Å². The zero-order chi connectivity index (χ0) is 13.5. The summed E-state index contributed by atoms with van der Waals surface area (Å²) in [7, 11) is 0. The number of likely N-dealkylation sites (tertiary alicyclic amines) is 1. The lowest BCUT2D eigenvalue weighted by Crippen LogP contribution is -2.42. The van der Waals surface area contributed by atoms with Gasteiger partial charge in [-0.05, 0) is 33.6 Å². The summed E-state index contributed by atoms with van der Waals surface area (Å²) in [6, 6.07) is 0. The molecule has 5 nitrogen and oxygen atoms in total. The van der Waals surface area contributed by atoms with E-state index >= 15 is 0 Å². The third-order valence-corrected chi connectivity index (χ3v) is 3.01. The van der Waals surface area contributed by atoms with Crippen LogP contribution in [0.4, 0.5) is 0 Å². The van der Waals surface area contributed by atoms with Crippen LogP contribution in [0.3, 0.4) is 0 Å². The van der Waals surface area contributed by atoms with E-state index in [9.17, 15) is 9.59 Å². The van der Waals surface area contributed by atoms with Crippen LogP contribution in [0.5, 0.6) is 0 Å². The van der Waals surface area contributed by atoms with Crippen molar-refractivity contribution >= 4 is 11.9 Å². The highest BCUT2D eigenvalue weighted by Crippen LogP contribution is 2.18. The molecule has 0 aromatic rings. The first kappa shape index (κ1) is 15.0. The van der Waals surface area contributed by atoms with E-state index in [1.807, 2.05) is 13.8 Å². The molecule has 5 heteroatoms. The molecule has 1 heterocycles. The summed E-state index contributed by atoms with van der Waals surface area (Å²) < 4.78 is 10.3. The standard InChI is InChI=1S/C13H23NO4/c1-4-17-13(16)11-5-7-14(8-6-11)12(15)9-18-10(2)3/h10-11H,4-9H2,1-3H3. The van der Waals surface area contributed by atoms with Crippen molar-refractivity contribution in [3.05, 3.63) is 0 Å². The lowest BCUT2D eigenvalue weighted by Gasteiger charge is -2.31. The van der Waals surface area contributed by atoms with Gasteiger partial charge < -0.3 is 14.4 Å². The predicted molar refractivity (Wildman–Crippen MR) is 67.0 cm³/mol. The van der Waals surface area contributed by atoms with Gasteiger partial charge in [0, 0.05) is 13.1 Å². The summed E-state index contributed by atoms with van der Waals surface area (Å²) in [5.41, 5.74) is 0. The van der Waals surface area contributed by atoms with Gasteiger partial charge in [-0.2, -0.15) is 0 Å². The third kappa shape index (κ3) is 4.64. The second-order valence-corrected chi connectivity index (χ2v) is 4.77. The van der Waals surface area contributed by atoms with E-state index in [2.05, 4.69) is 0 Å². The molecule has 1 aliphatic rings. The Labute approximate surface area is 108 Å². The van der Waals surface area contributed by atoms with Crippen molar-refractivity contribution in [2.75, 3.05) is 26.3 Å². The number of hydrogen-bond donors (Lipinski definition) is 0. The summed E-state index contributed by atoms with van der Waals surface area (Å²) in [6.45, 7) is 7.38. The molecule has 104 valence electrons. The van der Waals surface area contributed by atoms with Gasteiger partial charge in [0.2, 0.25) is 5.91 Å². The molecule has 0 aromatic heterocycles. The number of rotatable bonds is 5. The maximum atomic E-state index is 11.8. The number of ether oxygens (including phenoxy) is 2. The highest BCUT2D eigenvalue weighted by Gasteiger charge is 2.28. The number of piperidine rings is 1. The average molecular weight is 257 g/mol. The van der Waals surface area contributed by atoms with Crippen LogP contribution in [0.25, 0.3) is 0 Å². The van der Waals surface area contributed by atoms with E-state index in [4.69, 9.17) is 9.47 Å². The van der Waals surface area contributed by atoms with E-state index in [1.165, 1.54) is 0 Å². The highest BCUT2D eigenvalue weighted by atomic mass is 16.5. The van der Waals surface area contributed by atoms with Gasteiger partial charge in [0.05, 0.1) is 18.6 Å². The lowest BCUT2D eigenvalue weighted by atomic mass is 9.97. The zero-order valence-corrected chi connectivity index (χ0v) is 11.5. The summed E-state index contributed by atoms with van der Waals surface area (Å²) >= 11 is 0. The van der Waals surface area contributed by atoms with Crippen LogP contribution in [0.2, 0.25) is 0 Å². The van der Waals surface area contributed by atoms with Crippen molar-refractivity contribution in [2.45, 2.75) is 39.7 Å². The van der Waals surface area contributed by atoms with Gasteiger partial charge in [-0.1, -0.05) is 0 Å². The number of carbonyl (C=O) groups excluding carboxylic acids is 2. The van der Waals surface area contributed by atoms with Crippen molar-refractivity contribution in [2.24, 2.45) is 5.92 Å². The summed E-state index contributed by atoms with van der Waals surface area (Å²) in [5, 5.41) is 0. The van der Waals surface area contributed by atoms with Crippen molar-refractivity contribution in [3.63, 3.8) is 0 Å². The fraction of sp³-hybridized carbons (Fsp3) is 0.846. The largest absolute Gasteiger partial charge is 0.466 e. The van der Waals surface area contributed by atoms with Gasteiger partial charge >= 0.3 is 5.97 Å². The van der Waals surface area contributed by atoms with Gasteiger partial charge in [0.25, 0.3) is 0 Å². The minimum atomic E-state index is -0.136. The normalized spacial score (nSPS) is 17.0. The highest BCUT2D eigenvalue weighted by molar-refractivity contribution is 5.78. The van der Waals surface area contributed by atoms with Gasteiger partial charge in [-0.3, -0.25) is 9.59 Å². The van der Waals surface area contributed by atoms with Gasteiger partial charge in [0.15, 0.2) is 0 Å². The van der Waals surface area contributed by atoms with Crippen LogP contribution >= 0.6 is 0 Å². The van der Waals surface area contributed by atoms with Crippen LogP contribution in [0.15, 0.2) is 0 Å². The van der Waals surface area contributed by atoms with Crippen LogP contribution in [-0.2, 0) is 19.1 Å². The van der Waals surface area contributed by atoms with Crippen LogP contribution in [-0.4, -0.2) is 49.2 Å². The molecule has 1 aliphatic heterocycles. The molecule has 1 amide bonds. The molecule has 0 bridgehead atoms. The van der Waals surface area contributed by atoms with Crippen LogP contribution < -0.4 is 0 Å². The fourth-order valence-electron chi connectivity index (χ4n) is 1.95. The van der Waals surface area contributed by atoms with E-state index in [1.54, 1.807) is 11.8 Å². The first-order chi connectivity index (χ1) is 8.54. The number of nitrogens with zero attached hydrogens (tertiary/aromatic N) is 1. The van der Waals surface area contributed by atoms with Crippen LogP contribution in [0, 0.1) is 5.92 Å². The molecule has 18 heavy (non-hydrogen) atoms. The van der Waals surface area contributed by atoms with Gasteiger partial charge in [-0.25, -0.2) is 0 Å².